The minimum absolute atomic E-state index is 0.586. The molecular weight excluding hydrogens is 250 g/mol. The second-order valence-corrected chi connectivity index (χ2v) is 6.05. The van der Waals surface area contributed by atoms with Crippen LogP contribution in [-0.4, -0.2) is 18.6 Å². The van der Waals surface area contributed by atoms with Crippen LogP contribution in [0, 0.1) is 6.92 Å². The largest absolute Gasteiger partial charge is 0.351 e. The lowest BCUT2D eigenvalue weighted by Gasteiger charge is -2.14. The van der Waals surface area contributed by atoms with Crippen molar-refractivity contribution in [1.29, 1.82) is 0 Å². The molecule has 2 rings (SSSR count). The highest BCUT2D eigenvalue weighted by molar-refractivity contribution is 7.15. The van der Waals surface area contributed by atoms with Crippen molar-refractivity contribution in [1.82, 2.24) is 4.98 Å². The first-order valence-electron chi connectivity index (χ1n) is 5.60. The Morgan fingerprint density at radius 3 is 2.88 bits per heavy atom. The molecule has 92 valence electrons. The average Bonchev–Trinajstić information content (AvgIpc) is 2.94. The molecule has 5 heteroatoms. The van der Waals surface area contributed by atoms with Gasteiger partial charge in [-0.05, 0) is 24.8 Å². The van der Waals surface area contributed by atoms with Gasteiger partial charge in [-0.25, -0.2) is 4.98 Å². The lowest BCUT2D eigenvalue weighted by Crippen LogP contribution is -2.19. The Balaban J connectivity index is 1.96. The third kappa shape index (κ3) is 3.06. The van der Waals surface area contributed by atoms with Gasteiger partial charge in [0.1, 0.15) is 0 Å². The van der Waals surface area contributed by atoms with E-state index in [9.17, 15) is 0 Å². The van der Waals surface area contributed by atoms with Crippen LogP contribution >= 0.6 is 22.7 Å². The molecule has 0 atom stereocenters. The predicted octanol–water partition coefficient (Wildman–Crippen LogP) is 2.65. The number of rotatable bonds is 5. The molecule has 0 aliphatic rings. The molecule has 0 saturated heterocycles. The molecule has 17 heavy (non-hydrogen) atoms. The van der Waals surface area contributed by atoms with Crippen molar-refractivity contribution in [2.75, 3.05) is 18.5 Å². The zero-order valence-corrected chi connectivity index (χ0v) is 11.8. The Labute approximate surface area is 110 Å². The molecule has 0 bridgehead atoms. The third-order valence-electron chi connectivity index (χ3n) is 2.67. The van der Waals surface area contributed by atoms with E-state index in [2.05, 4.69) is 34.4 Å². The maximum Gasteiger partial charge on any atom is 0.185 e. The van der Waals surface area contributed by atoms with E-state index in [1.165, 1.54) is 9.75 Å². The highest BCUT2D eigenvalue weighted by Crippen LogP contribution is 2.25. The molecule has 0 spiro atoms. The molecule has 0 saturated carbocycles. The Kier molecular flexibility index (Phi) is 4.15. The van der Waals surface area contributed by atoms with Crippen LogP contribution in [0.3, 0.4) is 0 Å². The quantitative estimate of drug-likeness (QED) is 0.905. The SMILES string of the molecule is Cc1nc(N(C)CCc2cccs2)sc1CN. The van der Waals surface area contributed by atoms with E-state index in [1.54, 1.807) is 11.3 Å². The standard InChI is InChI=1S/C12H17N3S2/c1-9-11(8-13)17-12(14-9)15(2)6-5-10-4-3-7-16-10/h3-4,7H,5-6,8,13H2,1-2H3. The summed E-state index contributed by atoms with van der Waals surface area (Å²) in [5.74, 6) is 0. The van der Waals surface area contributed by atoms with Gasteiger partial charge in [0.2, 0.25) is 0 Å². The van der Waals surface area contributed by atoms with Gasteiger partial charge in [0.05, 0.1) is 5.69 Å². The van der Waals surface area contributed by atoms with E-state index >= 15 is 0 Å². The zero-order chi connectivity index (χ0) is 12.3. The summed E-state index contributed by atoms with van der Waals surface area (Å²) in [5.41, 5.74) is 6.73. The molecule has 2 aromatic rings. The summed E-state index contributed by atoms with van der Waals surface area (Å²) in [7, 11) is 2.09. The third-order valence-corrected chi connectivity index (χ3v) is 4.90. The summed E-state index contributed by atoms with van der Waals surface area (Å²) in [6, 6.07) is 4.27. The van der Waals surface area contributed by atoms with Crippen molar-refractivity contribution >= 4 is 27.8 Å². The van der Waals surface area contributed by atoms with E-state index in [-0.39, 0.29) is 0 Å². The van der Waals surface area contributed by atoms with Gasteiger partial charge in [-0.1, -0.05) is 6.07 Å². The van der Waals surface area contributed by atoms with Crippen molar-refractivity contribution in [3.8, 4) is 0 Å². The summed E-state index contributed by atoms with van der Waals surface area (Å²) in [6.07, 6.45) is 1.07. The maximum atomic E-state index is 5.67. The van der Waals surface area contributed by atoms with Crippen LogP contribution < -0.4 is 10.6 Å². The van der Waals surface area contributed by atoms with Gasteiger partial charge in [-0.3, -0.25) is 0 Å². The van der Waals surface area contributed by atoms with Gasteiger partial charge in [0.15, 0.2) is 5.13 Å². The zero-order valence-electron chi connectivity index (χ0n) is 10.1. The number of thiazole rings is 1. The van der Waals surface area contributed by atoms with Crippen molar-refractivity contribution < 1.29 is 0 Å². The first-order valence-corrected chi connectivity index (χ1v) is 7.30. The Morgan fingerprint density at radius 2 is 2.29 bits per heavy atom. The van der Waals surface area contributed by atoms with Crippen LogP contribution in [0.4, 0.5) is 5.13 Å². The Bertz CT molecular complexity index is 462. The van der Waals surface area contributed by atoms with Crippen molar-refractivity contribution in [3.63, 3.8) is 0 Å². The number of nitrogens with two attached hydrogens (primary N) is 1. The molecule has 0 aliphatic carbocycles. The number of aryl methyl sites for hydroxylation is 1. The van der Waals surface area contributed by atoms with Crippen LogP contribution in [0.25, 0.3) is 0 Å². The van der Waals surface area contributed by atoms with E-state index in [0.717, 1.165) is 23.8 Å². The molecule has 2 N–H and O–H groups in total. The fourth-order valence-electron chi connectivity index (χ4n) is 1.59. The molecular formula is C12H17N3S2. The van der Waals surface area contributed by atoms with Crippen LogP contribution in [0.15, 0.2) is 17.5 Å². The number of likely N-dealkylation sites (N-methyl/N-ethyl adjacent to an activating group) is 1. The summed E-state index contributed by atoms with van der Waals surface area (Å²) in [6.45, 7) is 3.61. The van der Waals surface area contributed by atoms with E-state index in [1.807, 2.05) is 18.3 Å². The second-order valence-electron chi connectivity index (χ2n) is 3.96. The fourth-order valence-corrected chi connectivity index (χ4v) is 3.22. The van der Waals surface area contributed by atoms with E-state index in [4.69, 9.17) is 5.73 Å². The van der Waals surface area contributed by atoms with E-state index in [0.29, 0.717) is 6.54 Å². The molecule has 2 aromatic heterocycles. The average molecular weight is 267 g/mol. The minimum atomic E-state index is 0.586. The topological polar surface area (TPSA) is 42.2 Å². The summed E-state index contributed by atoms with van der Waals surface area (Å²) >= 11 is 3.51. The van der Waals surface area contributed by atoms with Gasteiger partial charge >= 0.3 is 0 Å². The van der Waals surface area contributed by atoms with Gasteiger partial charge < -0.3 is 10.6 Å². The number of anilines is 1. The first kappa shape index (κ1) is 12.5. The van der Waals surface area contributed by atoms with Gasteiger partial charge in [0, 0.05) is 29.9 Å². The molecule has 0 amide bonds. The monoisotopic (exact) mass is 267 g/mol. The number of hydrogen-bond acceptors (Lipinski definition) is 5. The number of hydrogen-bond donors (Lipinski definition) is 1. The number of nitrogens with zero attached hydrogens (tertiary/aromatic N) is 2. The molecule has 0 radical (unpaired) electrons. The number of thiophene rings is 1. The number of aromatic nitrogens is 1. The summed E-state index contributed by atoms with van der Waals surface area (Å²) in [5, 5.41) is 3.19. The molecule has 2 heterocycles. The van der Waals surface area contributed by atoms with Crippen LogP contribution in [-0.2, 0) is 13.0 Å². The maximum absolute atomic E-state index is 5.67. The Morgan fingerprint density at radius 1 is 1.47 bits per heavy atom. The van der Waals surface area contributed by atoms with Crippen molar-refractivity contribution in [2.45, 2.75) is 19.9 Å². The van der Waals surface area contributed by atoms with Crippen LogP contribution in [0.2, 0.25) is 0 Å². The molecule has 0 fully saturated rings. The molecule has 0 aromatic carbocycles. The van der Waals surface area contributed by atoms with Gasteiger partial charge in [0.25, 0.3) is 0 Å². The summed E-state index contributed by atoms with van der Waals surface area (Å²) < 4.78 is 0. The van der Waals surface area contributed by atoms with Gasteiger partial charge in [-0.15, -0.1) is 22.7 Å². The fraction of sp³-hybridized carbons (Fsp3) is 0.417. The first-order chi connectivity index (χ1) is 8.20. The van der Waals surface area contributed by atoms with Crippen molar-refractivity contribution in [2.24, 2.45) is 5.73 Å². The highest BCUT2D eigenvalue weighted by Gasteiger charge is 2.10. The van der Waals surface area contributed by atoms with Crippen molar-refractivity contribution in [3.05, 3.63) is 33.0 Å². The summed E-state index contributed by atoms with van der Waals surface area (Å²) in [4.78, 5) is 9.36. The molecule has 3 nitrogen and oxygen atoms in total. The normalized spacial score (nSPS) is 10.8. The van der Waals surface area contributed by atoms with Gasteiger partial charge in [-0.2, -0.15) is 0 Å². The van der Waals surface area contributed by atoms with Crippen LogP contribution in [0.1, 0.15) is 15.4 Å². The smallest absolute Gasteiger partial charge is 0.185 e. The minimum Gasteiger partial charge on any atom is -0.351 e. The highest BCUT2D eigenvalue weighted by atomic mass is 32.1. The predicted molar refractivity (Wildman–Crippen MR) is 76.0 cm³/mol. The van der Waals surface area contributed by atoms with E-state index < -0.39 is 0 Å². The lowest BCUT2D eigenvalue weighted by molar-refractivity contribution is 0.878. The molecule has 0 unspecified atom stereocenters. The molecule has 0 aliphatic heterocycles. The van der Waals surface area contributed by atoms with Crippen LogP contribution in [0.5, 0.6) is 0 Å². The lowest BCUT2D eigenvalue weighted by atomic mass is 10.3. The second kappa shape index (κ2) is 5.62. The Hall–Kier alpha value is -0.910.